The number of ether oxygens (including phenoxy) is 2. The molecule has 0 bridgehead atoms. The highest BCUT2D eigenvalue weighted by atomic mass is 19.4. The molecule has 3 N–H and O–H groups in total. The van der Waals surface area contributed by atoms with Crippen molar-refractivity contribution in [1.82, 2.24) is 16.0 Å². The lowest BCUT2D eigenvalue weighted by Gasteiger charge is -2.13. The Hall–Kier alpha value is -1.88. The highest BCUT2D eigenvalue weighted by Crippen LogP contribution is 2.13. The van der Waals surface area contributed by atoms with E-state index in [0.717, 1.165) is 12.8 Å². The molecule has 1 atom stereocenters. The van der Waals surface area contributed by atoms with Crippen molar-refractivity contribution in [3.63, 3.8) is 0 Å². The van der Waals surface area contributed by atoms with Gasteiger partial charge >= 0.3 is 12.1 Å². The molecule has 0 aliphatic rings. The third kappa shape index (κ3) is 17.0. The Morgan fingerprint density at radius 1 is 0.900 bits per heavy atom. The second-order valence-electron chi connectivity index (χ2n) is 6.79. The molecule has 0 rings (SSSR count). The largest absolute Gasteiger partial charge is 0.471 e. The molecule has 0 spiro atoms. The second kappa shape index (κ2) is 16.9. The van der Waals surface area contributed by atoms with Crippen LogP contribution in [0.1, 0.15) is 52.4 Å². The zero-order valence-corrected chi connectivity index (χ0v) is 17.7. The number of amides is 3. The first kappa shape index (κ1) is 28.1. The van der Waals surface area contributed by atoms with Gasteiger partial charge in [0.15, 0.2) is 0 Å². The van der Waals surface area contributed by atoms with Crippen molar-refractivity contribution in [2.75, 3.05) is 39.5 Å². The molecular formula is C19H34F3N3O5. The van der Waals surface area contributed by atoms with Gasteiger partial charge in [-0.15, -0.1) is 0 Å². The highest BCUT2D eigenvalue weighted by molar-refractivity contribution is 5.82. The number of carbonyl (C=O) groups excluding carboxylic acids is 3. The van der Waals surface area contributed by atoms with Crippen molar-refractivity contribution in [2.24, 2.45) is 0 Å². The Balaban J connectivity index is 3.52. The van der Waals surface area contributed by atoms with Crippen LogP contribution in [0, 0.1) is 0 Å². The van der Waals surface area contributed by atoms with E-state index in [-0.39, 0.29) is 44.8 Å². The first-order valence-electron chi connectivity index (χ1n) is 10.2. The smallest absolute Gasteiger partial charge is 0.378 e. The maximum Gasteiger partial charge on any atom is 0.471 e. The number of hydrogen-bond donors (Lipinski definition) is 3. The molecule has 0 saturated heterocycles. The summed E-state index contributed by atoms with van der Waals surface area (Å²) in [4.78, 5) is 33.6. The summed E-state index contributed by atoms with van der Waals surface area (Å²) in [7, 11) is 0. The van der Waals surface area contributed by atoms with Gasteiger partial charge in [-0.25, -0.2) is 0 Å². The van der Waals surface area contributed by atoms with E-state index < -0.39 is 24.5 Å². The van der Waals surface area contributed by atoms with Crippen molar-refractivity contribution < 1.29 is 37.0 Å². The predicted octanol–water partition coefficient (Wildman–Crippen LogP) is 1.68. The molecule has 30 heavy (non-hydrogen) atoms. The number of alkyl halides is 3. The van der Waals surface area contributed by atoms with Gasteiger partial charge in [-0.05, 0) is 13.3 Å². The zero-order chi connectivity index (χ0) is 22.8. The summed E-state index contributed by atoms with van der Waals surface area (Å²) in [6.07, 6.45) is 0.374. The molecule has 0 aliphatic heterocycles. The molecule has 0 aliphatic carbocycles. The van der Waals surface area contributed by atoms with Crippen LogP contribution in [0.3, 0.4) is 0 Å². The average molecular weight is 441 g/mol. The molecule has 11 heteroatoms. The summed E-state index contributed by atoms with van der Waals surface area (Å²) >= 11 is 0. The average Bonchev–Trinajstić information content (AvgIpc) is 2.68. The molecule has 0 saturated carbocycles. The summed E-state index contributed by atoms with van der Waals surface area (Å²) < 4.78 is 46.6. The van der Waals surface area contributed by atoms with Gasteiger partial charge in [-0.3, -0.25) is 14.4 Å². The number of rotatable bonds is 17. The van der Waals surface area contributed by atoms with Crippen LogP contribution in [0.2, 0.25) is 0 Å². The van der Waals surface area contributed by atoms with Gasteiger partial charge in [0.1, 0.15) is 6.61 Å². The number of unbranched alkanes of at least 4 members (excludes halogenated alkanes) is 3. The molecule has 176 valence electrons. The van der Waals surface area contributed by atoms with Crippen molar-refractivity contribution in [2.45, 2.75) is 64.7 Å². The number of nitrogens with one attached hydrogen (secondary N) is 3. The number of hydrogen-bond acceptors (Lipinski definition) is 5. The Morgan fingerprint density at radius 2 is 1.53 bits per heavy atom. The van der Waals surface area contributed by atoms with Crippen molar-refractivity contribution in [3.05, 3.63) is 0 Å². The van der Waals surface area contributed by atoms with E-state index in [0.29, 0.717) is 6.54 Å². The lowest BCUT2D eigenvalue weighted by Crippen LogP contribution is -2.39. The van der Waals surface area contributed by atoms with Crippen LogP contribution in [0.4, 0.5) is 13.2 Å². The Kier molecular flexibility index (Phi) is 15.8. The van der Waals surface area contributed by atoms with Gasteiger partial charge in [-0.2, -0.15) is 13.2 Å². The van der Waals surface area contributed by atoms with Crippen molar-refractivity contribution in [3.8, 4) is 0 Å². The Labute approximate surface area is 175 Å². The lowest BCUT2D eigenvalue weighted by atomic mass is 10.1. The van der Waals surface area contributed by atoms with E-state index in [1.807, 2.05) is 6.92 Å². The fourth-order valence-corrected chi connectivity index (χ4v) is 2.32. The topological polar surface area (TPSA) is 106 Å². The van der Waals surface area contributed by atoms with Gasteiger partial charge in [0.2, 0.25) is 11.8 Å². The van der Waals surface area contributed by atoms with Crippen LogP contribution in [-0.2, 0) is 23.9 Å². The van der Waals surface area contributed by atoms with Gasteiger partial charge in [-0.1, -0.05) is 32.6 Å². The molecule has 0 heterocycles. The normalized spacial score (nSPS) is 12.3. The zero-order valence-electron chi connectivity index (χ0n) is 17.7. The molecule has 8 nitrogen and oxygen atoms in total. The van der Waals surface area contributed by atoms with Gasteiger partial charge in [0, 0.05) is 26.1 Å². The molecule has 0 aromatic rings. The number of halogens is 3. The van der Waals surface area contributed by atoms with E-state index >= 15 is 0 Å². The predicted molar refractivity (Wildman–Crippen MR) is 105 cm³/mol. The quantitative estimate of drug-likeness (QED) is 0.298. The third-order valence-electron chi connectivity index (χ3n) is 4.00. The van der Waals surface area contributed by atoms with Crippen LogP contribution >= 0.6 is 0 Å². The van der Waals surface area contributed by atoms with E-state index in [4.69, 9.17) is 9.47 Å². The Bertz CT molecular complexity index is 504. The maximum absolute atomic E-state index is 12.0. The summed E-state index contributed by atoms with van der Waals surface area (Å²) in [6.45, 7) is 4.58. The number of carbonyl (C=O) groups is 3. The monoisotopic (exact) mass is 441 g/mol. The first-order chi connectivity index (χ1) is 14.2. The van der Waals surface area contributed by atoms with E-state index in [2.05, 4.69) is 17.6 Å². The molecule has 1 unspecified atom stereocenters. The van der Waals surface area contributed by atoms with Crippen LogP contribution < -0.4 is 16.0 Å². The Morgan fingerprint density at radius 3 is 2.13 bits per heavy atom. The standard InChI is InChI=1S/C19H34F3N3O5/c1-3-4-5-6-7-15(2)30-14-17(27)24-11-13-29-12-10-23-16(26)8-9-25-18(28)19(20,21)22/h15H,3-14H2,1-2H3,(H,23,26)(H,24,27)(H,25,28). The molecule has 0 aromatic heterocycles. The van der Waals surface area contributed by atoms with Crippen LogP contribution in [-0.4, -0.2) is 69.5 Å². The molecule has 3 amide bonds. The van der Waals surface area contributed by atoms with Crippen molar-refractivity contribution in [1.29, 1.82) is 0 Å². The molecule has 0 fully saturated rings. The molecule has 0 aromatic carbocycles. The SMILES string of the molecule is CCCCCCC(C)OCC(=O)NCCOCCNC(=O)CCNC(=O)C(F)(F)F. The minimum Gasteiger partial charge on any atom is -0.378 e. The third-order valence-corrected chi connectivity index (χ3v) is 4.00. The van der Waals surface area contributed by atoms with Crippen LogP contribution in [0.5, 0.6) is 0 Å². The molecule has 0 radical (unpaired) electrons. The van der Waals surface area contributed by atoms with Crippen LogP contribution in [0.25, 0.3) is 0 Å². The summed E-state index contributed by atoms with van der Waals surface area (Å²) in [5.41, 5.74) is 0. The summed E-state index contributed by atoms with van der Waals surface area (Å²) in [5.74, 6) is -2.81. The fraction of sp³-hybridized carbons (Fsp3) is 0.842. The van der Waals surface area contributed by atoms with Gasteiger partial charge in [0.05, 0.1) is 19.3 Å². The van der Waals surface area contributed by atoms with Gasteiger partial charge < -0.3 is 25.4 Å². The van der Waals surface area contributed by atoms with E-state index in [1.54, 1.807) is 5.32 Å². The van der Waals surface area contributed by atoms with Gasteiger partial charge in [0.25, 0.3) is 0 Å². The van der Waals surface area contributed by atoms with E-state index in [9.17, 15) is 27.6 Å². The van der Waals surface area contributed by atoms with Crippen molar-refractivity contribution >= 4 is 17.7 Å². The summed E-state index contributed by atoms with van der Waals surface area (Å²) in [5, 5.41) is 6.71. The second-order valence-corrected chi connectivity index (χ2v) is 6.79. The summed E-state index contributed by atoms with van der Waals surface area (Å²) in [6, 6.07) is 0. The highest BCUT2D eigenvalue weighted by Gasteiger charge is 2.38. The lowest BCUT2D eigenvalue weighted by molar-refractivity contribution is -0.173. The van der Waals surface area contributed by atoms with Crippen LogP contribution in [0.15, 0.2) is 0 Å². The van der Waals surface area contributed by atoms with E-state index in [1.165, 1.54) is 19.3 Å². The first-order valence-corrected chi connectivity index (χ1v) is 10.2. The maximum atomic E-state index is 12.0. The minimum absolute atomic E-state index is 0.00409. The minimum atomic E-state index is -4.96. The molecular weight excluding hydrogens is 407 g/mol. The fourth-order valence-electron chi connectivity index (χ4n) is 2.32.